The first-order valence-corrected chi connectivity index (χ1v) is 7.93. The molecule has 0 unspecified atom stereocenters. The number of ether oxygens (including phenoxy) is 2. The van der Waals surface area contributed by atoms with Gasteiger partial charge in [0.25, 0.3) is 5.91 Å². The zero-order chi connectivity index (χ0) is 18.0. The number of carboxylic acid groups (broad SMARTS) is 1. The monoisotopic (exact) mass is 341 g/mol. The van der Waals surface area contributed by atoms with E-state index in [9.17, 15) is 14.7 Å². The molecule has 0 bridgehead atoms. The molecule has 2 N–H and O–H groups in total. The molecular formula is C19H19NO5. The highest BCUT2D eigenvalue weighted by atomic mass is 16.6. The molecule has 0 radical (unpaired) electrons. The van der Waals surface area contributed by atoms with E-state index in [0.29, 0.717) is 41.5 Å². The summed E-state index contributed by atoms with van der Waals surface area (Å²) in [5.41, 5.74) is 0.722. The van der Waals surface area contributed by atoms with Gasteiger partial charge < -0.3 is 19.9 Å². The summed E-state index contributed by atoms with van der Waals surface area (Å²) in [5.74, 6) is 0.00305. The Morgan fingerprint density at radius 3 is 2.28 bits per heavy atom. The van der Waals surface area contributed by atoms with Crippen molar-refractivity contribution in [2.75, 3.05) is 18.5 Å². The van der Waals surface area contributed by atoms with E-state index in [1.54, 1.807) is 56.3 Å². The van der Waals surface area contributed by atoms with Gasteiger partial charge in [-0.3, -0.25) is 9.59 Å². The fraction of sp³-hybridized carbons (Fsp3) is 0.263. The molecule has 0 aromatic heterocycles. The van der Waals surface area contributed by atoms with Gasteiger partial charge in [0.1, 0.15) is 13.2 Å². The summed E-state index contributed by atoms with van der Waals surface area (Å²) in [6.07, 6.45) is 0. The number of amides is 1. The Labute approximate surface area is 145 Å². The van der Waals surface area contributed by atoms with Crippen LogP contribution in [0, 0.1) is 0 Å². The highest BCUT2D eigenvalue weighted by molar-refractivity contribution is 6.04. The van der Waals surface area contributed by atoms with Crippen molar-refractivity contribution in [1.29, 1.82) is 0 Å². The standard InChI is InChI=1S/C19H19NO5/c1-19(2,18(22)23)13-4-6-14(7-5-13)20-17(21)12-3-8-15-16(11-12)25-10-9-24-15/h3-8,11H,9-10H2,1-2H3,(H,20,21)(H,22,23). The molecule has 0 saturated carbocycles. The maximum atomic E-state index is 12.4. The van der Waals surface area contributed by atoms with Crippen molar-refractivity contribution in [3.05, 3.63) is 53.6 Å². The van der Waals surface area contributed by atoms with Crippen molar-refractivity contribution in [3.63, 3.8) is 0 Å². The number of rotatable bonds is 4. The highest BCUT2D eigenvalue weighted by Gasteiger charge is 2.29. The Kier molecular flexibility index (Phi) is 4.35. The second-order valence-electron chi connectivity index (χ2n) is 6.32. The molecule has 0 spiro atoms. The lowest BCUT2D eigenvalue weighted by Crippen LogP contribution is -2.28. The third-order valence-electron chi connectivity index (χ3n) is 4.20. The van der Waals surface area contributed by atoms with Crippen LogP contribution in [0.3, 0.4) is 0 Å². The van der Waals surface area contributed by atoms with Crippen LogP contribution in [0.1, 0.15) is 29.8 Å². The van der Waals surface area contributed by atoms with E-state index >= 15 is 0 Å². The molecule has 130 valence electrons. The number of carbonyl (C=O) groups excluding carboxylic acids is 1. The average molecular weight is 341 g/mol. The number of anilines is 1. The molecule has 1 amide bonds. The summed E-state index contributed by atoms with van der Waals surface area (Å²) in [6, 6.07) is 11.8. The van der Waals surface area contributed by atoms with E-state index in [-0.39, 0.29) is 5.91 Å². The number of hydrogen-bond acceptors (Lipinski definition) is 4. The van der Waals surface area contributed by atoms with Crippen LogP contribution in [-0.4, -0.2) is 30.2 Å². The summed E-state index contributed by atoms with van der Waals surface area (Å²) in [5, 5.41) is 12.1. The summed E-state index contributed by atoms with van der Waals surface area (Å²) in [4.78, 5) is 23.7. The second kappa shape index (κ2) is 6.47. The number of carbonyl (C=O) groups is 2. The van der Waals surface area contributed by atoms with Crippen LogP contribution in [0.25, 0.3) is 0 Å². The summed E-state index contributed by atoms with van der Waals surface area (Å²) < 4.78 is 10.9. The van der Waals surface area contributed by atoms with Gasteiger partial charge in [0.05, 0.1) is 5.41 Å². The van der Waals surface area contributed by atoms with Crippen molar-refractivity contribution in [2.24, 2.45) is 0 Å². The smallest absolute Gasteiger partial charge is 0.313 e. The number of aliphatic carboxylic acids is 1. The Morgan fingerprint density at radius 1 is 1.00 bits per heavy atom. The van der Waals surface area contributed by atoms with Crippen LogP contribution in [0.4, 0.5) is 5.69 Å². The molecule has 3 rings (SSSR count). The molecule has 1 aliphatic heterocycles. The number of benzene rings is 2. The molecule has 0 fully saturated rings. The molecule has 2 aromatic carbocycles. The zero-order valence-corrected chi connectivity index (χ0v) is 14.0. The van der Waals surface area contributed by atoms with Crippen LogP contribution < -0.4 is 14.8 Å². The number of hydrogen-bond donors (Lipinski definition) is 2. The van der Waals surface area contributed by atoms with Crippen molar-refractivity contribution in [2.45, 2.75) is 19.3 Å². The lowest BCUT2D eigenvalue weighted by molar-refractivity contribution is -0.142. The van der Waals surface area contributed by atoms with E-state index in [4.69, 9.17) is 9.47 Å². The third-order valence-corrected chi connectivity index (χ3v) is 4.20. The minimum absolute atomic E-state index is 0.276. The van der Waals surface area contributed by atoms with Crippen molar-refractivity contribution in [1.82, 2.24) is 0 Å². The first kappa shape index (κ1) is 16.8. The van der Waals surface area contributed by atoms with Gasteiger partial charge in [0, 0.05) is 11.3 Å². The second-order valence-corrected chi connectivity index (χ2v) is 6.32. The topological polar surface area (TPSA) is 84.9 Å². The van der Waals surface area contributed by atoms with E-state index in [0.717, 1.165) is 0 Å². The minimum Gasteiger partial charge on any atom is -0.486 e. The molecule has 0 atom stereocenters. The lowest BCUT2D eigenvalue weighted by Gasteiger charge is -2.20. The Bertz CT molecular complexity index is 811. The number of nitrogens with one attached hydrogen (secondary N) is 1. The van der Waals surface area contributed by atoms with Crippen LogP contribution in [-0.2, 0) is 10.2 Å². The molecule has 2 aromatic rings. The maximum Gasteiger partial charge on any atom is 0.313 e. The SMILES string of the molecule is CC(C)(C(=O)O)c1ccc(NC(=O)c2ccc3c(c2)OCCO3)cc1. The van der Waals surface area contributed by atoms with Gasteiger partial charge in [-0.05, 0) is 49.7 Å². The van der Waals surface area contributed by atoms with Gasteiger partial charge in [0.15, 0.2) is 11.5 Å². The predicted octanol–water partition coefficient (Wildman–Crippen LogP) is 3.07. The van der Waals surface area contributed by atoms with Gasteiger partial charge in [-0.25, -0.2) is 0 Å². The van der Waals surface area contributed by atoms with Gasteiger partial charge in [-0.15, -0.1) is 0 Å². The zero-order valence-electron chi connectivity index (χ0n) is 14.0. The first-order chi connectivity index (χ1) is 11.9. The minimum atomic E-state index is -0.988. The molecule has 6 nitrogen and oxygen atoms in total. The normalized spacial score (nSPS) is 13.2. The highest BCUT2D eigenvalue weighted by Crippen LogP contribution is 2.31. The van der Waals surface area contributed by atoms with E-state index in [1.807, 2.05) is 0 Å². The van der Waals surface area contributed by atoms with E-state index < -0.39 is 11.4 Å². The maximum absolute atomic E-state index is 12.4. The van der Waals surface area contributed by atoms with Gasteiger partial charge in [-0.1, -0.05) is 12.1 Å². The van der Waals surface area contributed by atoms with Crippen molar-refractivity contribution >= 4 is 17.6 Å². The molecule has 1 aliphatic rings. The molecule has 25 heavy (non-hydrogen) atoms. The molecule has 0 aliphatic carbocycles. The lowest BCUT2D eigenvalue weighted by atomic mass is 9.85. The largest absolute Gasteiger partial charge is 0.486 e. The Hall–Kier alpha value is -3.02. The van der Waals surface area contributed by atoms with Gasteiger partial charge in [-0.2, -0.15) is 0 Å². The van der Waals surface area contributed by atoms with Gasteiger partial charge in [0.2, 0.25) is 0 Å². The third kappa shape index (κ3) is 3.42. The van der Waals surface area contributed by atoms with Crippen LogP contribution >= 0.6 is 0 Å². The quantitative estimate of drug-likeness (QED) is 0.893. The Morgan fingerprint density at radius 2 is 1.64 bits per heavy atom. The first-order valence-electron chi connectivity index (χ1n) is 7.93. The van der Waals surface area contributed by atoms with Crippen LogP contribution in [0.15, 0.2) is 42.5 Å². The fourth-order valence-electron chi connectivity index (χ4n) is 2.48. The summed E-state index contributed by atoms with van der Waals surface area (Å²) >= 11 is 0. The fourth-order valence-corrected chi connectivity index (χ4v) is 2.48. The van der Waals surface area contributed by atoms with Crippen molar-refractivity contribution < 1.29 is 24.2 Å². The summed E-state index contributed by atoms with van der Waals surface area (Å²) in [6.45, 7) is 4.23. The molecule has 1 heterocycles. The summed E-state index contributed by atoms with van der Waals surface area (Å²) in [7, 11) is 0. The van der Waals surface area contributed by atoms with Crippen LogP contribution in [0.5, 0.6) is 11.5 Å². The van der Waals surface area contributed by atoms with Crippen LogP contribution in [0.2, 0.25) is 0 Å². The Balaban J connectivity index is 1.74. The van der Waals surface area contributed by atoms with Gasteiger partial charge >= 0.3 is 5.97 Å². The number of fused-ring (bicyclic) bond motifs is 1. The molecular weight excluding hydrogens is 322 g/mol. The number of carboxylic acids is 1. The molecule has 0 saturated heterocycles. The van der Waals surface area contributed by atoms with E-state index in [2.05, 4.69) is 5.32 Å². The average Bonchev–Trinajstić information content (AvgIpc) is 2.61. The molecule has 6 heteroatoms. The van der Waals surface area contributed by atoms with E-state index in [1.165, 1.54) is 0 Å². The predicted molar refractivity (Wildman–Crippen MR) is 92.5 cm³/mol. The van der Waals surface area contributed by atoms with Crippen molar-refractivity contribution in [3.8, 4) is 11.5 Å².